The quantitative estimate of drug-likeness (QED) is 0.0824. The van der Waals surface area contributed by atoms with Crippen LogP contribution in [0.2, 0.25) is 0 Å². The third kappa shape index (κ3) is 9.40. The molecule has 0 bridgehead atoms. The summed E-state index contributed by atoms with van der Waals surface area (Å²) in [4.78, 5) is 0. The second-order valence-corrected chi connectivity index (χ2v) is 24.0. The van der Waals surface area contributed by atoms with Gasteiger partial charge < -0.3 is 20.3 Å². The number of nitrogens with zero attached hydrogens (tertiary/aromatic N) is 3. The normalized spacial score (nSPS) is 15.3. The molecule has 0 amide bonds. The average molecular weight is 826 g/mol. The molecule has 10 heteroatoms. The molecule has 0 spiro atoms. The zero-order chi connectivity index (χ0) is 40.9. The Morgan fingerprint density at radius 3 is 0.828 bits per heavy atom. The van der Waals surface area contributed by atoms with Gasteiger partial charge in [-0.3, -0.25) is 0 Å². The second kappa shape index (κ2) is 17.6. The maximum atomic E-state index is 6.06. The molecular weight excluding hydrogens is 767 g/mol. The lowest BCUT2D eigenvalue weighted by molar-refractivity contribution is 0.867. The highest BCUT2D eigenvalue weighted by molar-refractivity contribution is 7.94. The average Bonchev–Trinajstić information content (AvgIpc) is 3.22. The van der Waals surface area contributed by atoms with Gasteiger partial charge in [-0.25, -0.2) is 0 Å². The Morgan fingerprint density at radius 2 is 0.569 bits per heavy atom. The Morgan fingerprint density at radius 1 is 0.310 bits per heavy atom. The van der Waals surface area contributed by atoms with Gasteiger partial charge in [0.25, 0.3) is 15.0 Å². The fourth-order valence-electron chi connectivity index (χ4n) is 6.97. The molecule has 300 valence electrons. The fourth-order valence-corrected chi connectivity index (χ4v) is 19.6. The van der Waals surface area contributed by atoms with E-state index in [4.69, 9.17) is 13.5 Å². The Labute approximate surface area is 347 Å². The highest BCUT2D eigenvalue weighted by atomic mass is 31.3. The number of anilines is 4. The predicted octanol–water partition coefficient (Wildman–Crippen LogP) is 15.6. The van der Waals surface area contributed by atoms with E-state index in [2.05, 4.69) is 233 Å². The van der Waals surface area contributed by atoms with E-state index in [1.165, 1.54) is 22.3 Å². The van der Waals surface area contributed by atoms with Crippen molar-refractivity contribution in [1.29, 1.82) is 0 Å². The lowest BCUT2D eigenvalue weighted by atomic mass is 10.0. The van der Waals surface area contributed by atoms with Crippen LogP contribution in [-0.2, 0) is 0 Å². The number of rotatable bonds is 14. The standard InChI is InChI=1S/C48H58N7P3/c1-35(2)39-19-27-43(28-20-39)49-57(50-44-29-21-40(22-30-44)36(3)4)53-56(47-15-11-9-12-16-47,48-17-13-10-14-18-48)54-58(55-57,51-45-31-23-41(24-32-45)37(5)6)52-46-33-25-42(26-34-46)38(7)8/h9-38,49-52H,1-8H3. The van der Waals surface area contributed by atoms with Gasteiger partial charge in [0.1, 0.15) is 7.21 Å². The van der Waals surface area contributed by atoms with Gasteiger partial charge in [0.15, 0.2) is 0 Å². The maximum Gasteiger partial charge on any atom is 0.266 e. The molecule has 0 atom stereocenters. The minimum absolute atomic E-state index is 0.407. The van der Waals surface area contributed by atoms with Crippen LogP contribution in [0.1, 0.15) is 101 Å². The van der Waals surface area contributed by atoms with Crippen LogP contribution in [-0.4, -0.2) is 0 Å². The summed E-state index contributed by atoms with van der Waals surface area (Å²) >= 11 is 0. The first kappa shape index (κ1) is 41.4. The van der Waals surface area contributed by atoms with E-state index in [-0.39, 0.29) is 0 Å². The molecule has 7 rings (SSSR count). The van der Waals surface area contributed by atoms with Crippen LogP contribution in [0.3, 0.4) is 0 Å². The molecule has 58 heavy (non-hydrogen) atoms. The van der Waals surface area contributed by atoms with E-state index in [1.54, 1.807) is 0 Å². The molecule has 0 aliphatic carbocycles. The summed E-state index contributed by atoms with van der Waals surface area (Å²) in [7, 11) is -9.34. The van der Waals surface area contributed by atoms with Gasteiger partial charge in [0, 0.05) is 33.4 Å². The van der Waals surface area contributed by atoms with Crippen molar-refractivity contribution in [1.82, 2.24) is 0 Å². The molecule has 0 aromatic heterocycles. The van der Waals surface area contributed by atoms with Crippen LogP contribution in [0.15, 0.2) is 171 Å². The van der Waals surface area contributed by atoms with E-state index < -0.39 is 22.2 Å². The van der Waals surface area contributed by atoms with Gasteiger partial charge in [-0.15, -0.1) is 0 Å². The molecule has 6 aromatic carbocycles. The lowest BCUT2D eigenvalue weighted by Crippen LogP contribution is -2.20. The van der Waals surface area contributed by atoms with Gasteiger partial charge in [-0.05, 0) is 94.5 Å². The van der Waals surface area contributed by atoms with Crippen molar-refractivity contribution in [2.75, 3.05) is 20.3 Å². The Balaban J connectivity index is 1.58. The van der Waals surface area contributed by atoms with Gasteiger partial charge >= 0.3 is 0 Å². The maximum absolute atomic E-state index is 6.06. The van der Waals surface area contributed by atoms with Crippen molar-refractivity contribution in [3.05, 3.63) is 180 Å². The van der Waals surface area contributed by atoms with Crippen molar-refractivity contribution in [2.45, 2.75) is 79.1 Å². The van der Waals surface area contributed by atoms with Crippen molar-refractivity contribution < 1.29 is 0 Å². The summed E-state index contributed by atoms with van der Waals surface area (Å²) in [5.74, 6) is 1.63. The third-order valence-corrected chi connectivity index (χ3v) is 21.0. The van der Waals surface area contributed by atoms with E-state index >= 15 is 0 Å². The first-order valence-electron chi connectivity index (χ1n) is 20.4. The van der Waals surface area contributed by atoms with Gasteiger partial charge in [-0.1, -0.05) is 165 Å². The van der Waals surface area contributed by atoms with Crippen molar-refractivity contribution in [3.8, 4) is 0 Å². The number of benzene rings is 6. The topological polar surface area (TPSA) is 85.2 Å². The molecule has 0 fully saturated rings. The van der Waals surface area contributed by atoms with Crippen LogP contribution < -0.4 is 31.0 Å². The van der Waals surface area contributed by atoms with Crippen LogP contribution in [0, 0.1) is 0 Å². The molecule has 7 nitrogen and oxygen atoms in total. The molecular formula is C48H58N7P3. The highest BCUT2D eigenvalue weighted by Crippen LogP contribution is 2.76. The summed E-state index contributed by atoms with van der Waals surface area (Å²) in [6.07, 6.45) is 0. The zero-order valence-electron chi connectivity index (χ0n) is 35.0. The molecule has 0 saturated heterocycles. The smallest absolute Gasteiger partial charge is 0.266 e. The summed E-state index contributed by atoms with van der Waals surface area (Å²) in [5.41, 5.74) is 8.88. The van der Waals surface area contributed by atoms with E-state index in [9.17, 15) is 0 Å². The second-order valence-electron chi connectivity index (χ2n) is 16.3. The Bertz CT molecular complexity index is 2190. The van der Waals surface area contributed by atoms with Crippen molar-refractivity contribution >= 4 is 55.6 Å². The molecule has 1 aliphatic heterocycles. The molecule has 4 N–H and O–H groups in total. The summed E-state index contributed by atoms with van der Waals surface area (Å²) in [6, 6.07) is 56.3. The van der Waals surface area contributed by atoms with Crippen LogP contribution in [0.4, 0.5) is 22.7 Å². The van der Waals surface area contributed by atoms with Gasteiger partial charge in [0.2, 0.25) is 0 Å². The minimum Gasteiger partial charge on any atom is -0.319 e. The van der Waals surface area contributed by atoms with Crippen LogP contribution >= 0.6 is 22.2 Å². The highest BCUT2D eigenvalue weighted by Gasteiger charge is 2.40. The largest absolute Gasteiger partial charge is 0.319 e. The van der Waals surface area contributed by atoms with Gasteiger partial charge in [0.05, 0.1) is 0 Å². The number of hydrogen-bond acceptors (Lipinski definition) is 7. The Hall–Kier alpha value is -4.79. The number of nitrogens with one attached hydrogen (secondary N) is 4. The molecule has 1 heterocycles. The summed E-state index contributed by atoms with van der Waals surface area (Å²) < 4.78 is 18.1. The monoisotopic (exact) mass is 825 g/mol. The lowest BCUT2D eigenvalue weighted by Gasteiger charge is -2.38. The van der Waals surface area contributed by atoms with Crippen LogP contribution in [0.5, 0.6) is 0 Å². The van der Waals surface area contributed by atoms with E-state index in [1.807, 2.05) is 0 Å². The summed E-state index contributed by atoms with van der Waals surface area (Å²) in [5, 5.41) is 18.1. The van der Waals surface area contributed by atoms with Gasteiger partial charge in [-0.2, -0.15) is 13.5 Å². The zero-order valence-corrected chi connectivity index (χ0v) is 37.7. The third-order valence-electron chi connectivity index (χ3n) is 10.5. The fraction of sp³-hybridized carbons (Fsp3) is 0.250. The molecule has 0 saturated carbocycles. The molecule has 0 radical (unpaired) electrons. The molecule has 6 aromatic rings. The van der Waals surface area contributed by atoms with Crippen molar-refractivity contribution in [2.24, 2.45) is 13.5 Å². The van der Waals surface area contributed by atoms with Crippen molar-refractivity contribution in [3.63, 3.8) is 0 Å². The SMILES string of the molecule is CC(C)c1ccc(NP2(Nc3ccc(C(C)C)cc3)=NP(Nc3ccc(C(C)C)cc3)(Nc3ccc(C(C)C)cc3)=NP(c3ccccc3)(c3ccccc3)=N2)cc1. The minimum atomic E-state index is -3.18. The van der Waals surface area contributed by atoms with E-state index in [0.717, 1.165) is 33.4 Å². The summed E-state index contributed by atoms with van der Waals surface area (Å²) in [6.45, 7) is 17.8. The van der Waals surface area contributed by atoms with Crippen LogP contribution in [0.25, 0.3) is 0 Å². The Kier molecular flexibility index (Phi) is 12.6. The molecule has 0 unspecified atom stereocenters. The first-order chi connectivity index (χ1) is 27.9. The molecule has 1 aliphatic rings. The predicted molar refractivity (Wildman–Crippen MR) is 257 cm³/mol. The first-order valence-corrected chi connectivity index (χ1v) is 25.5. The van der Waals surface area contributed by atoms with E-state index in [0.29, 0.717) is 23.7 Å². The number of hydrogen-bond donors (Lipinski definition) is 4.